The van der Waals surface area contributed by atoms with E-state index >= 15 is 0 Å². The van der Waals surface area contributed by atoms with Crippen molar-refractivity contribution < 1.29 is 23.1 Å². The molecule has 0 bridgehead atoms. The fourth-order valence-corrected chi connectivity index (χ4v) is 3.83. The SMILES string of the molecule is CC(C)NC(=O)C1CCCC(NC(=O)C(Oc2ccc(F)c(F)c2)c2ccccc2)C1. The summed E-state index contributed by atoms with van der Waals surface area (Å²) in [7, 11) is 0. The lowest BCUT2D eigenvalue weighted by Crippen LogP contribution is -2.45. The van der Waals surface area contributed by atoms with Gasteiger partial charge < -0.3 is 15.4 Å². The Bertz CT molecular complexity index is 905. The highest BCUT2D eigenvalue weighted by Crippen LogP contribution is 2.27. The minimum Gasteiger partial charge on any atom is -0.476 e. The molecule has 1 saturated carbocycles. The Morgan fingerprint density at radius 2 is 1.77 bits per heavy atom. The van der Waals surface area contributed by atoms with E-state index in [1.54, 1.807) is 24.3 Å². The van der Waals surface area contributed by atoms with Crippen molar-refractivity contribution in [2.75, 3.05) is 0 Å². The third-order valence-electron chi connectivity index (χ3n) is 5.31. The summed E-state index contributed by atoms with van der Waals surface area (Å²) >= 11 is 0. The Hall–Kier alpha value is -2.96. The van der Waals surface area contributed by atoms with Crippen molar-refractivity contribution in [3.8, 4) is 5.75 Å². The Balaban J connectivity index is 1.72. The van der Waals surface area contributed by atoms with Crippen LogP contribution >= 0.6 is 0 Å². The highest BCUT2D eigenvalue weighted by molar-refractivity contribution is 5.83. The Kier molecular flexibility index (Phi) is 7.60. The van der Waals surface area contributed by atoms with Crippen LogP contribution in [0.2, 0.25) is 0 Å². The van der Waals surface area contributed by atoms with Crippen LogP contribution in [-0.2, 0) is 9.59 Å². The van der Waals surface area contributed by atoms with Crippen LogP contribution in [0.25, 0.3) is 0 Å². The second-order valence-electron chi connectivity index (χ2n) is 8.22. The van der Waals surface area contributed by atoms with Crippen molar-refractivity contribution in [3.05, 3.63) is 65.7 Å². The van der Waals surface area contributed by atoms with E-state index in [4.69, 9.17) is 4.74 Å². The highest BCUT2D eigenvalue weighted by atomic mass is 19.2. The van der Waals surface area contributed by atoms with Crippen molar-refractivity contribution in [1.29, 1.82) is 0 Å². The van der Waals surface area contributed by atoms with E-state index in [2.05, 4.69) is 10.6 Å². The van der Waals surface area contributed by atoms with Gasteiger partial charge in [-0.15, -0.1) is 0 Å². The first-order valence-electron chi connectivity index (χ1n) is 10.6. The molecule has 0 aliphatic heterocycles. The van der Waals surface area contributed by atoms with Gasteiger partial charge >= 0.3 is 0 Å². The van der Waals surface area contributed by atoms with Gasteiger partial charge in [-0.1, -0.05) is 36.8 Å². The van der Waals surface area contributed by atoms with E-state index in [0.29, 0.717) is 12.0 Å². The van der Waals surface area contributed by atoms with Crippen LogP contribution in [0, 0.1) is 17.6 Å². The van der Waals surface area contributed by atoms with Gasteiger partial charge in [0.05, 0.1) is 0 Å². The van der Waals surface area contributed by atoms with Crippen LogP contribution in [0.15, 0.2) is 48.5 Å². The van der Waals surface area contributed by atoms with Crippen LogP contribution in [0.1, 0.15) is 51.2 Å². The molecule has 2 aromatic carbocycles. The average molecular weight is 430 g/mol. The highest BCUT2D eigenvalue weighted by Gasteiger charge is 2.31. The molecule has 3 atom stereocenters. The molecule has 5 nitrogen and oxygen atoms in total. The number of hydrogen-bond acceptors (Lipinski definition) is 3. The topological polar surface area (TPSA) is 67.4 Å². The average Bonchev–Trinajstić information content (AvgIpc) is 2.74. The van der Waals surface area contributed by atoms with Crippen LogP contribution in [0.3, 0.4) is 0 Å². The zero-order valence-electron chi connectivity index (χ0n) is 17.7. The lowest BCUT2D eigenvalue weighted by atomic mass is 9.85. The summed E-state index contributed by atoms with van der Waals surface area (Å²) < 4.78 is 32.7. The third-order valence-corrected chi connectivity index (χ3v) is 5.31. The van der Waals surface area contributed by atoms with Crippen LogP contribution in [0.4, 0.5) is 8.78 Å². The van der Waals surface area contributed by atoms with E-state index in [1.807, 2.05) is 19.9 Å². The molecule has 2 amide bonds. The predicted octanol–water partition coefficient (Wildman–Crippen LogP) is 4.28. The third kappa shape index (κ3) is 6.26. The summed E-state index contributed by atoms with van der Waals surface area (Å²) in [4.78, 5) is 25.5. The normalized spacial score (nSPS) is 19.5. The van der Waals surface area contributed by atoms with Crippen molar-refractivity contribution >= 4 is 11.8 Å². The van der Waals surface area contributed by atoms with Gasteiger partial charge in [0.25, 0.3) is 5.91 Å². The molecular formula is C24H28F2N2O3. The second kappa shape index (κ2) is 10.4. The number of rotatable bonds is 7. The number of hydrogen-bond donors (Lipinski definition) is 2. The Labute approximate surface area is 181 Å². The van der Waals surface area contributed by atoms with Gasteiger partial charge in [0.1, 0.15) is 5.75 Å². The number of ether oxygens (including phenoxy) is 1. The first-order chi connectivity index (χ1) is 14.8. The Morgan fingerprint density at radius 1 is 1.03 bits per heavy atom. The van der Waals surface area contributed by atoms with Crippen LogP contribution < -0.4 is 15.4 Å². The maximum absolute atomic E-state index is 13.6. The van der Waals surface area contributed by atoms with Gasteiger partial charge in [-0.05, 0) is 45.2 Å². The molecule has 1 aliphatic rings. The maximum Gasteiger partial charge on any atom is 0.266 e. The summed E-state index contributed by atoms with van der Waals surface area (Å²) in [6, 6.07) is 11.9. The summed E-state index contributed by atoms with van der Waals surface area (Å²) in [6.07, 6.45) is 1.91. The molecule has 7 heteroatoms. The summed E-state index contributed by atoms with van der Waals surface area (Å²) in [5, 5.41) is 5.93. The molecule has 0 spiro atoms. The molecule has 0 saturated heterocycles. The summed E-state index contributed by atoms with van der Waals surface area (Å²) in [5.74, 6) is -2.50. The lowest BCUT2D eigenvalue weighted by Gasteiger charge is -2.31. The first kappa shape index (κ1) is 22.7. The molecular weight excluding hydrogens is 402 g/mol. The molecule has 0 heterocycles. The number of halogens is 2. The van der Waals surface area contributed by atoms with Crippen molar-refractivity contribution in [1.82, 2.24) is 10.6 Å². The van der Waals surface area contributed by atoms with E-state index in [1.165, 1.54) is 6.07 Å². The van der Waals surface area contributed by atoms with E-state index in [-0.39, 0.29) is 35.6 Å². The summed E-state index contributed by atoms with van der Waals surface area (Å²) in [6.45, 7) is 3.83. The minimum atomic E-state index is -1.05. The van der Waals surface area contributed by atoms with E-state index in [9.17, 15) is 18.4 Å². The number of nitrogens with one attached hydrogen (secondary N) is 2. The minimum absolute atomic E-state index is 0.00611. The zero-order chi connectivity index (χ0) is 22.4. The second-order valence-corrected chi connectivity index (χ2v) is 8.22. The zero-order valence-corrected chi connectivity index (χ0v) is 17.7. The van der Waals surface area contributed by atoms with Crippen molar-refractivity contribution in [2.45, 2.75) is 57.7 Å². The van der Waals surface area contributed by atoms with Gasteiger partial charge in [-0.3, -0.25) is 9.59 Å². The number of benzene rings is 2. The maximum atomic E-state index is 13.6. The molecule has 166 valence electrons. The van der Waals surface area contributed by atoms with Gasteiger partial charge in [-0.2, -0.15) is 0 Å². The molecule has 3 rings (SSSR count). The van der Waals surface area contributed by atoms with E-state index < -0.39 is 17.7 Å². The lowest BCUT2D eigenvalue weighted by molar-refractivity contribution is -0.131. The summed E-state index contributed by atoms with van der Waals surface area (Å²) in [5.41, 5.74) is 0.592. The molecule has 1 fully saturated rings. The van der Waals surface area contributed by atoms with Crippen molar-refractivity contribution in [2.24, 2.45) is 5.92 Å². The van der Waals surface area contributed by atoms with Gasteiger partial charge in [0.2, 0.25) is 12.0 Å². The molecule has 0 aromatic heterocycles. The van der Waals surface area contributed by atoms with Gasteiger partial charge in [0, 0.05) is 29.6 Å². The van der Waals surface area contributed by atoms with Gasteiger partial charge in [0.15, 0.2) is 11.6 Å². The van der Waals surface area contributed by atoms with Crippen molar-refractivity contribution in [3.63, 3.8) is 0 Å². The number of carbonyl (C=O) groups is 2. The molecule has 1 aliphatic carbocycles. The fourth-order valence-electron chi connectivity index (χ4n) is 3.83. The fraction of sp³-hybridized carbons (Fsp3) is 0.417. The number of amides is 2. The standard InChI is InChI=1S/C24H28F2N2O3/c1-15(2)27-23(29)17-9-6-10-18(13-17)28-24(30)22(16-7-4-3-5-8-16)31-19-11-12-20(25)21(26)14-19/h3-5,7-8,11-12,14-15,17-18,22H,6,9-10,13H2,1-2H3,(H,27,29)(H,28,30). The van der Waals surface area contributed by atoms with Gasteiger partial charge in [-0.25, -0.2) is 8.78 Å². The molecule has 2 N–H and O–H groups in total. The number of carbonyl (C=O) groups excluding carboxylic acids is 2. The van der Waals surface area contributed by atoms with Crippen LogP contribution in [0.5, 0.6) is 5.75 Å². The largest absolute Gasteiger partial charge is 0.476 e. The quantitative estimate of drug-likeness (QED) is 0.689. The molecule has 0 radical (unpaired) electrons. The predicted molar refractivity (Wildman–Crippen MR) is 113 cm³/mol. The molecule has 31 heavy (non-hydrogen) atoms. The molecule has 3 unspecified atom stereocenters. The molecule has 2 aromatic rings. The van der Waals surface area contributed by atoms with Crippen LogP contribution in [-0.4, -0.2) is 23.9 Å². The smallest absolute Gasteiger partial charge is 0.266 e. The monoisotopic (exact) mass is 430 g/mol. The first-order valence-corrected chi connectivity index (χ1v) is 10.6. The van der Waals surface area contributed by atoms with E-state index in [0.717, 1.165) is 31.4 Å². The Morgan fingerprint density at radius 3 is 2.45 bits per heavy atom.